The van der Waals surface area contributed by atoms with Crippen molar-refractivity contribution in [2.24, 2.45) is 16.3 Å². The molecule has 1 amide bonds. The maximum Gasteiger partial charge on any atom is 0.222 e. The number of fused-ring (bicyclic) bond motifs is 2. The first kappa shape index (κ1) is 10.7. The number of nitrogens with one attached hydrogen (secondary N) is 1. The summed E-state index contributed by atoms with van der Waals surface area (Å²) in [5, 5.41) is 2.86. The second-order valence-corrected chi connectivity index (χ2v) is 5.67. The normalized spacial score (nSPS) is 37.3. The van der Waals surface area contributed by atoms with E-state index in [4.69, 9.17) is 4.99 Å². The van der Waals surface area contributed by atoms with Crippen molar-refractivity contribution < 1.29 is 4.79 Å². The van der Waals surface area contributed by atoms with Crippen LogP contribution in [0.5, 0.6) is 0 Å². The minimum atomic E-state index is -0.00328. The van der Waals surface area contributed by atoms with E-state index in [0.717, 1.165) is 18.7 Å². The first-order chi connectivity index (χ1) is 6.85. The molecule has 84 valence electrons. The fourth-order valence-corrected chi connectivity index (χ4v) is 2.99. The molecule has 1 aliphatic heterocycles. The Labute approximate surface area is 91.3 Å². The summed E-state index contributed by atoms with van der Waals surface area (Å²) in [6, 6.07) is 0. The van der Waals surface area contributed by atoms with Crippen LogP contribution < -0.4 is 5.32 Å². The van der Waals surface area contributed by atoms with E-state index in [1.54, 1.807) is 6.92 Å². The van der Waals surface area contributed by atoms with Crippen LogP contribution in [0.1, 0.15) is 47.0 Å². The monoisotopic (exact) mass is 208 g/mol. The molecular weight excluding hydrogens is 188 g/mol. The van der Waals surface area contributed by atoms with Gasteiger partial charge in [0.1, 0.15) is 5.84 Å². The molecule has 0 saturated heterocycles. The summed E-state index contributed by atoms with van der Waals surface area (Å²) in [5.41, 5.74) is 0.294. The smallest absolute Gasteiger partial charge is 0.222 e. The van der Waals surface area contributed by atoms with Crippen LogP contribution in [-0.2, 0) is 4.79 Å². The molecule has 1 saturated carbocycles. The number of hydrogen-bond acceptors (Lipinski definition) is 2. The zero-order valence-electron chi connectivity index (χ0n) is 10.1. The highest BCUT2D eigenvalue weighted by Gasteiger charge is 2.54. The van der Waals surface area contributed by atoms with Gasteiger partial charge < -0.3 is 5.32 Å². The van der Waals surface area contributed by atoms with E-state index < -0.39 is 0 Å². The van der Waals surface area contributed by atoms with Crippen molar-refractivity contribution >= 4 is 11.7 Å². The summed E-state index contributed by atoms with van der Waals surface area (Å²) >= 11 is 0. The second-order valence-electron chi connectivity index (χ2n) is 5.67. The Morgan fingerprint density at radius 1 is 1.47 bits per heavy atom. The van der Waals surface area contributed by atoms with Gasteiger partial charge in [-0.25, -0.2) is 0 Å². The summed E-state index contributed by atoms with van der Waals surface area (Å²) in [6.07, 6.45) is 3.31. The fourth-order valence-electron chi connectivity index (χ4n) is 2.99. The standard InChI is InChI=1S/C12H20N2O/c1-8(15)13-10-7-9-5-6-12(4,14-10)11(9,2)3/h9H,5-7H2,1-4H3,(H,13,14,15)/t9-,12-/m0/s1. The third-order valence-electron chi connectivity index (χ3n) is 4.53. The average molecular weight is 208 g/mol. The van der Waals surface area contributed by atoms with Crippen molar-refractivity contribution in [1.82, 2.24) is 5.32 Å². The second kappa shape index (κ2) is 3.06. The Morgan fingerprint density at radius 3 is 2.67 bits per heavy atom. The maximum absolute atomic E-state index is 11.0. The van der Waals surface area contributed by atoms with E-state index in [0.29, 0.717) is 5.92 Å². The maximum atomic E-state index is 11.0. The van der Waals surface area contributed by atoms with Crippen LogP contribution >= 0.6 is 0 Å². The first-order valence-electron chi connectivity index (χ1n) is 5.71. The Bertz CT molecular complexity index is 333. The van der Waals surface area contributed by atoms with Crippen LogP contribution in [0.15, 0.2) is 4.99 Å². The molecule has 1 heterocycles. The van der Waals surface area contributed by atoms with Gasteiger partial charge in [0.15, 0.2) is 0 Å². The van der Waals surface area contributed by atoms with Gasteiger partial charge in [-0.2, -0.15) is 0 Å². The predicted octanol–water partition coefficient (Wildman–Crippen LogP) is 2.12. The molecule has 0 aromatic rings. The minimum absolute atomic E-state index is 0.00328. The largest absolute Gasteiger partial charge is 0.315 e. The number of amidine groups is 1. The van der Waals surface area contributed by atoms with Crippen molar-refractivity contribution in [3.63, 3.8) is 0 Å². The van der Waals surface area contributed by atoms with Gasteiger partial charge in [-0.1, -0.05) is 13.8 Å². The molecule has 2 bridgehead atoms. The highest BCUT2D eigenvalue weighted by atomic mass is 16.1. The first-order valence-corrected chi connectivity index (χ1v) is 5.71. The molecule has 15 heavy (non-hydrogen) atoms. The van der Waals surface area contributed by atoms with Crippen molar-refractivity contribution in [1.29, 1.82) is 0 Å². The molecule has 2 atom stereocenters. The molecule has 3 nitrogen and oxygen atoms in total. The van der Waals surface area contributed by atoms with Gasteiger partial charge in [0.05, 0.1) is 5.54 Å². The highest BCUT2D eigenvalue weighted by Crippen LogP contribution is 2.55. The van der Waals surface area contributed by atoms with E-state index in [-0.39, 0.29) is 16.9 Å². The van der Waals surface area contributed by atoms with Crippen LogP contribution in [0, 0.1) is 11.3 Å². The lowest BCUT2D eigenvalue weighted by Gasteiger charge is -2.43. The zero-order chi connectivity index (χ0) is 11.3. The molecule has 0 spiro atoms. The van der Waals surface area contributed by atoms with Gasteiger partial charge in [-0.3, -0.25) is 9.79 Å². The highest BCUT2D eigenvalue weighted by molar-refractivity contribution is 5.98. The Kier molecular flexibility index (Phi) is 2.18. The Balaban J connectivity index is 2.29. The van der Waals surface area contributed by atoms with Gasteiger partial charge in [0.2, 0.25) is 5.91 Å². The summed E-state index contributed by atoms with van der Waals surface area (Å²) in [6.45, 7) is 8.37. The molecule has 0 radical (unpaired) electrons. The van der Waals surface area contributed by atoms with Crippen molar-refractivity contribution in [2.75, 3.05) is 0 Å². The number of nitrogens with zero attached hydrogens (tertiary/aromatic N) is 1. The fraction of sp³-hybridized carbons (Fsp3) is 0.833. The summed E-state index contributed by atoms with van der Waals surface area (Å²) in [4.78, 5) is 15.8. The SMILES string of the molecule is CC(=O)NC1=N[C@@]2(C)CC[C@@H](C1)C2(C)C. The molecule has 1 fully saturated rings. The lowest BCUT2D eigenvalue weighted by atomic mass is 9.68. The van der Waals surface area contributed by atoms with Crippen LogP contribution in [0.4, 0.5) is 0 Å². The summed E-state index contributed by atoms with van der Waals surface area (Å²) in [5.74, 6) is 1.56. The van der Waals surface area contributed by atoms with Crippen LogP contribution in [0.3, 0.4) is 0 Å². The van der Waals surface area contributed by atoms with Gasteiger partial charge in [0.25, 0.3) is 0 Å². The average Bonchev–Trinajstić information content (AvgIpc) is 2.27. The van der Waals surface area contributed by atoms with Crippen LogP contribution in [-0.4, -0.2) is 17.3 Å². The summed E-state index contributed by atoms with van der Waals surface area (Å²) in [7, 11) is 0. The molecule has 2 rings (SSSR count). The number of rotatable bonds is 0. The molecule has 0 aromatic carbocycles. The Hall–Kier alpha value is -0.860. The number of aliphatic imine (C=N–C) groups is 1. The van der Waals surface area contributed by atoms with E-state index in [9.17, 15) is 4.79 Å². The van der Waals surface area contributed by atoms with Gasteiger partial charge in [0, 0.05) is 13.3 Å². The number of hydrogen-bond donors (Lipinski definition) is 1. The molecule has 0 aromatic heterocycles. The number of amides is 1. The number of carbonyl (C=O) groups excluding carboxylic acids is 1. The van der Waals surface area contributed by atoms with Gasteiger partial charge in [-0.05, 0) is 31.1 Å². The lowest BCUT2D eigenvalue weighted by molar-refractivity contribution is -0.117. The number of carbonyl (C=O) groups is 1. The van der Waals surface area contributed by atoms with E-state index >= 15 is 0 Å². The van der Waals surface area contributed by atoms with E-state index in [2.05, 4.69) is 26.1 Å². The molecule has 3 heteroatoms. The quantitative estimate of drug-likeness (QED) is 0.651. The van der Waals surface area contributed by atoms with Gasteiger partial charge in [-0.15, -0.1) is 0 Å². The van der Waals surface area contributed by atoms with Crippen molar-refractivity contribution in [3.05, 3.63) is 0 Å². The third kappa shape index (κ3) is 1.48. The van der Waals surface area contributed by atoms with Crippen molar-refractivity contribution in [2.45, 2.75) is 52.5 Å². The lowest BCUT2D eigenvalue weighted by Crippen LogP contribution is -2.46. The molecule has 1 N–H and O–H groups in total. The third-order valence-corrected chi connectivity index (χ3v) is 4.53. The predicted molar refractivity (Wildman–Crippen MR) is 60.8 cm³/mol. The summed E-state index contributed by atoms with van der Waals surface area (Å²) < 4.78 is 0. The van der Waals surface area contributed by atoms with Crippen LogP contribution in [0.25, 0.3) is 0 Å². The molecule has 2 aliphatic rings. The Morgan fingerprint density at radius 2 is 2.13 bits per heavy atom. The van der Waals surface area contributed by atoms with E-state index in [1.807, 2.05) is 0 Å². The minimum Gasteiger partial charge on any atom is -0.315 e. The van der Waals surface area contributed by atoms with Crippen molar-refractivity contribution in [3.8, 4) is 0 Å². The zero-order valence-corrected chi connectivity index (χ0v) is 10.1. The topological polar surface area (TPSA) is 41.5 Å². The van der Waals surface area contributed by atoms with E-state index in [1.165, 1.54) is 6.42 Å². The molecule has 0 unspecified atom stereocenters. The van der Waals surface area contributed by atoms with Gasteiger partial charge >= 0.3 is 0 Å². The molecular formula is C12H20N2O. The van der Waals surface area contributed by atoms with Crippen LogP contribution in [0.2, 0.25) is 0 Å². The molecule has 1 aliphatic carbocycles.